The van der Waals surface area contributed by atoms with Crippen LogP contribution in [-0.2, 0) is 14.8 Å². The van der Waals surface area contributed by atoms with Gasteiger partial charge in [0.15, 0.2) is 0 Å². The molecule has 0 aromatic heterocycles. The van der Waals surface area contributed by atoms with Crippen molar-refractivity contribution in [3.05, 3.63) is 130 Å². The number of nitrogens with one attached hydrogen (secondary N) is 4. The number of amides is 3. The minimum atomic E-state index is -4.07. The zero-order valence-electron chi connectivity index (χ0n) is 27.5. The van der Waals surface area contributed by atoms with Crippen molar-refractivity contribution in [2.75, 3.05) is 16.6 Å². The number of benzene rings is 4. The third-order valence-corrected chi connectivity index (χ3v) is 9.68. The largest absolute Gasteiger partial charge is 0.481 e. The van der Waals surface area contributed by atoms with Crippen molar-refractivity contribution in [3.8, 4) is 0 Å². The Kier molecular flexibility index (Phi) is 11.1. The lowest BCUT2D eigenvalue weighted by Gasteiger charge is -2.22. The Labute approximate surface area is 286 Å². The van der Waals surface area contributed by atoms with E-state index in [-0.39, 0.29) is 23.5 Å². The molecule has 1 aliphatic carbocycles. The van der Waals surface area contributed by atoms with Crippen LogP contribution in [-0.4, -0.2) is 38.0 Å². The highest BCUT2D eigenvalue weighted by Crippen LogP contribution is 2.30. The fraction of sp³-hybridized carbons (Fsp3) is 0.237. The molecule has 1 unspecified atom stereocenters. The molecule has 254 valence electrons. The molecular formula is C38H40N4O6S. The third-order valence-electron chi connectivity index (χ3n) is 8.26. The maximum absolute atomic E-state index is 13.6. The van der Waals surface area contributed by atoms with Gasteiger partial charge in [-0.2, -0.15) is 0 Å². The molecule has 4 aromatic carbocycles. The van der Waals surface area contributed by atoms with Crippen LogP contribution >= 0.6 is 0 Å². The lowest BCUT2D eigenvalue weighted by molar-refractivity contribution is -0.136. The molecular weight excluding hydrogens is 641 g/mol. The van der Waals surface area contributed by atoms with Crippen molar-refractivity contribution < 1.29 is 27.9 Å². The van der Waals surface area contributed by atoms with Crippen molar-refractivity contribution in [2.24, 2.45) is 0 Å². The molecule has 1 atom stereocenters. The first-order valence-electron chi connectivity index (χ1n) is 16.2. The number of carboxylic acids is 1. The molecule has 0 spiro atoms. The van der Waals surface area contributed by atoms with Crippen molar-refractivity contribution in [2.45, 2.75) is 56.9 Å². The van der Waals surface area contributed by atoms with Crippen molar-refractivity contribution in [1.82, 2.24) is 10.6 Å². The van der Waals surface area contributed by atoms with Crippen LogP contribution in [0.2, 0.25) is 0 Å². The molecule has 3 amide bonds. The van der Waals surface area contributed by atoms with Crippen molar-refractivity contribution >= 4 is 44.9 Å². The van der Waals surface area contributed by atoms with E-state index in [4.69, 9.17) is 5.11 Å². The van der Waals surface area contributed by atoms with Gasteiger partial charge in [-0.3, -0.25) is 14.3 Å². The summed E-state index contributed by atoms with van der Waals surface area (Å²) in [6.07, 6.45) is 6.47. The predicted molar refractivity (Wildman–Crippen MR) is 191 cm³/mol. The van der Waals surface area contributed by atoms with Crippen LogP contribution in [0.4, 0.5) is 16.2 Å². The van der Waals surface area contributed by atoms with E-state index in [1.807, 2.05) is 37.3 Å². The highest BCUT2D eigenvalue weighted by Gasteiger charge is 2.23. The van der Waals surface area contributed by atoms with Crippen LogP contribution in [0, 0.1) is 13.8 Å². The Hall–Kier alpha value is -5.42. The van der Waals surface area contributed by atoms with Gasteiger partial charge in [-0.25, -0.2) is 13.2 Å². The monoisotopic (exact) mass is 680 g/mol. The molecule has 1 aliphatic rings. The first-order chi connectivity index (χ1) is 23.5. The molecule has 5 rings (SSSR count). The molecule has 0 aliphatic heterocycles. The number of anilines is 2. The second kappa shape index (κ2) is 15.7. The number of urea groups is 1. The second-order valence-electron chi connectivity index (χ2n) is 12.1. The van der Waals surface area contributed by atoms with Crippen LogP contribution in [0.25, 0.3) is 5.57 Å². The summed E-state index contributed by atoms with van der Waals surface area (Å²) in [5.74, 6) is -1.42. The van der Waals surface area contributed by atoms with E-state index in [0.717, 1.165) is 36.0 Å². The average molecular weight is 681 g/mol. The van der Waals surface area contributed by atoms with Gasteiger partial charge < -0.3 is 21.1 Å². The number of allylic oxidation sites excluding steroid dienone is 2. The molecule has 5 N–H and O–H groups in total. The zero-order valence-corrected chi connectivity index (χ0v) is 28.3. The standard InChI is InChI=1S/C38H40N4O6S/c1-25-7-6-10-32(23-25)42-49(47,48)34-24-26(2)11-20-33(34)40-38(46)41-36(29-14-12-28(13-15-29)27-8-4-3-5-9-27)30-16-18-31(19-17-30)37(45)39-22-21-35(43)44/h6-8,10-20,23-24,36,42H,3-5,9,21-22H2,1-2H3,(H,39,45)(H,43,44)(H2,40,41,46). The lowest BCUT2D eigenvalue weighted by Crippen LogP contribution is -2.34. The van der Waals surface area contributed by atoms with Crippen LogP contribution in [0.3, 0.4) is 0 Å². The first-order valence-corrected chi connectivity index (χ1v) is 17.6. The normalized spacial score (nSPS) is 13.5. The SMILES string of the molecule is Cc1cccc(NS(=O)(=O)c2cc(C)ccc2NC(=O)NC(c2ccc(C(=O)NCCC(=O)O)cc2)c2ccc(C3=CCCCC3)cc2)c1. The molecule has 0 bridgehead atoms. The maximum Gasteiger partial charge on any atom is 0.320 e. The Morgan fingerprint density at radius 3 is 2.18 bits per heavy atom. The highest BCUT2D eigenvalue weighted by molar-refractivity contribution is 7.92. The minimum absolute atomic E-state index is 0.000279. The Morgan fingerprint density at radius 2 is 1.53 bits per heavy atom. The van der Waals surface area contributed by atoms with Crippen LogP contribution < -0.4 is 20.7 Å². The van der Waals surface area contributed by atoms with Crippen molar-refractivity contribution in [3.63, 3.8) is 0 Å². The summed E-state index contributed by atoms with van der Waals surface area (Å²) in [6.45, 7) is 3.64. The van der Waals surface area contributed by atoms with Gasteiger partial charge in [0, 0.05) is 17.8 Å². The number of carboxylic acid groups (broad SMARTS) is 1. The topological polar surface area (TPSA) is 154 Å². The third kappa shape index (κ3) is 9.35. The van der Waals surface area contributed by atoms with Crippen LogP contribution in [0.15, 0.2) is 102 Å². The molecule has 4 aromatic rings. The molecule has 49 heavy (non-hydrogen) atoms. The summed E-state index contributed by atoms with van der Waals surface area (Å²) in [5.41, 5.74) is 6.33. The number of sulfonamides is 1. The average Bonchev–Trinajstić information content (AvgIpc) is 3.08. The molecule has 0 saturated carbocycles. The molecule has 0 heterocycles. The van der Waals surface area contributed by atoms with E-state index >= 15 is 0 Å². The van der Waals surface area contributed by atoms with E-state index in [9.17, 15) is 22.8 Å². The number of carbonyl (C=O) groups excluding carboxylic acids is 2. The summed E-state index contributed by atoms with van der Waals surface area (Å²) in [5, 5.41) is 17.2. The number of carbonyl (C=O) groups is 3. The fourth-order valence-corrected chi connectivity index (χ4v) is 7.02. The molecule has 0 saturated heterocycles. The van der Waals surface area contributed by atoms with Gasteiger partial charge in [0.2, 0.25) is 0 Å². The van der Waals surface area contributed by atoms with E-state index in [0.29, 0.717) is 22.4 Å². The lowest BCUT2D eigenvalue weighted by atomic mass is 9.91. The Balaban J connectivity index is 1.41. The predicted octanol–water partition coefficient (Wildman–Crippen LogP) is 7.18. The van der Waals surface area contributed by atoms with E-state index in [1.165, 1.54) is 18.1 Å². The molecule has 0 fully saturated rings. The minimum Gasteiger partial charge on any atom is -0.481 e. The number of hydrogen-bond donors (Lipinski definition) is 5. The van der Waals surface area contributed by atoms with Gasteiger partial charge in [-0.15, -0.1) is 0 Å². The zero-order chi connectivity index (χ0) is 35.0. The van der Waals surface area contributed by atoms with Gasteiger partial charge in [-0.1, -0.05) is 60.7 Å². The quantitative estimate of drug-likeness (QED) is 0.107. The summed E-state index contributed by atoms with van der Waals surface area (Å²) in [7, 11) is -4.07. The molecule has 0 radical (unpaired) electrons. The van der Waals surface area contributed by atoms with E-state index in [1.54, 1.807) is 61.5 Å². The Morgan fingerprint density at radius 1 is 0.837 bits per heavy atom. The fourth-order valence-electron chi connectivity index (χ4n) is 5.72. The van der Waals surface area contributed by atoms with Gasteiger partial charge >= 0.3 is 12.0 Å². The van der Waals surface area contributed by atoms with Gasteiger partial charge in [0.25, 0.3) is 15.9 Å². The number of hydrogen-bond acceptors (Lipinski definition) is 5. The molecule has 10 nitrogen and oxygen atoms in total. The van der Waals surface area contributed by atoms with Crippen molar-refractivity contribution in [1.29, 1.82) is 0 Å². The maximum atomic E-state index is 13.6. The number of aliphatic carboxylic acids is 1. The summed E-state index contributed by atoms with van der Waals surface area (Å²) in [6, 6.07) is 25.1. The molecule has 11 heteroatoms. The summed E-state index contributed by atoms with van der Waals surface area (Å²) >= 11 is 0. The van der Waals surface area contributed by atoms with E-state index < -0.39 is 34.0 Å². The van der Waals surface area contributed by atoms with Gasteiger partial charge in [0.1, 0.15) is 4.90 Å². The summed E-state index contributed by atoms with van der Waals surface area (Å²) in [4.78, 5) is 37.0. The highest BCUT2D eigenvalue weighted by atomic mass is 32.2. The number of aryl methyl sites for hydroxylation is 2. The second-order valence-corrected chi connectivity index (χ2v) is 13.8. The van der Waals surface area contributed by atoms with E-state index in [2.05, 4.69) is 26.7 Å². The van der Waals surface area contributed by atoms with Crippen LogP contribution in [0.1, 0.15) is 76.3 Å². The van der Waals surface area contributed by atoms with Crippen LogP contribution in [0.5, 0.6) is 0 Å². The van der Waals surface area contributed by atoms with Gasteiger partial charge in [0.05, 0.1) is 18.2 Å². The first kappa shape index (κ1) is 34.9. The smallest absolute Gasteiger partial charge is 0.320 e. The number of rotatable bonds is 12. The Bertz CT molecular complexity index is 1970. The summed E-state index contributed by atoms with van der Waals surface area (Å²) < 4.78 is 29.7. The van der Waals surface area contributed by atoms with Gasteiger partial charge in [-0.05, 0) is 109 Å².